The van der Waals surface area contributed by atoms with Gasteiger partial charge in [-0.2, -0.15) is 5.26 Å². The van der Waals surface area contributed by atoms with E-state index in [1.807, 2.05) is 24.3 Å². The van der Waals surface area contributed by atoms with Gasteiger partial charge < -0.3 is 5.73 Å². The van der Waals surface area contributed by atoms with E-state index in [0.717, 1.165) is 15.5 Å². The highest BCUT2D eigenvalue weighted by molar-refractivity contribution is 9.18. The first-order chi connectivity index (χ1) is 8.69. The third kappa shape index (κ3) is 1.99. The zero-order chi connectivity index (χ0) is 12.7. The summed E-state index contributed by atoms with van der Waals surface area (Å²) in [6.45, 7) is 0. The molecular formula is C12H7ClN2S3. The Labute approximate surface area is 120 Å². The van der Waals surface area contributed by atoms with Crippen molar-refractivity contribution >= 4 is 51.5 Å². The molecule has 0 saturated heterocycles. The van der Waals surface area contributed by atoms with Gasteiger partial charge in [0.05, 0.1) is 10.6 Å². The van der Waals surface area contributed by atoms with Gasteiger partial charge in [0, 0.05) is 14.8 Å². The molecule has 0 fully saturated rings. The summed E-state index contributed by atoms with van der Waals surface area (Å²) in [4.78, 5) is 2.24. The van der Waals surface area contributed by atoms with Crippen molar-refractivity contribution in [1.29, 1.82) is 5.26 Å². The maximum Gasteiger partial charge on any atom is 0.103 e. The predicted molar refractivity (Wildman–Crippen MR) is 84.0 cm³/mol. The van der Waals surface area contributed by atoms with Crippen LogP contribution in [0, 0.1) is 11.3 Å². The quantitative estimate of drug-likeness (QED) is 0.625. The molecule has 1 atom stereocenters. The van der Waals surface area contributed by atoms with E-state index in [-0.39, 0.29) is 8.55 Å². The van der Waals surface area contributed by atoms with Crippen LogP contribution < -0.4 is 5.73 Å². The average Bonchev–Trinajstić information content (AvgIpc) is 2.86. The Bertz CT molecular complexity index is 666. The van der Waals surface area contributed by atoms with Gasteiger partial charge in [-0.15, -0.1) is 0 Å². The Morgan fingerprint density at radius 2 is 1.94 bits per heavy atom. The third-order valence-corrected chi connectivity index (χ3v) is 8.95. The standard InChI is InChI=1S/C12H7ClN2S3/c13-8-3-1-7(2-4-8)10-5-11-9(6-14)12(15)17-18(11)16-10/h1-5H,15H2. The molecule has 3 rings (SSSR count). The first-order valence-electron chi connectivity index (χ1n) is 5.05. The van der Waals surface area contributed by atoms with Crippen molar-refractivity contribution in [3.05, 3.63) is 51.5 Å². The maximum atomic E-state index is 9.10. The Balaban J connectivity index is 1.95. The summed E-state index contributed by atoms with van der Waals surface area (Å²) in [5.41, 5.74) is 7.60. The summed E-state index contributed by atoms with van der Waals surface area (Å²) in [7, 11) is 3.28. The van der Waals surface area contributed by atoms with Gasteiger partial charge in [0.25, 0.3) is 0 Å². The van der Waals surface area contributed by atoms with Crippen molar-refractivity contribution in [2.24, 2.45) is 5.73 Å². The topological polar surface area (TPSA) is 49.8 Å². The van der Waals surface area contributed by atoms with E-state index < -0.39 is 0 Å². The Morgan fingerprint density at radius 3 is 2.61 bits per heavy atom. The zero-order valence-electron chi connectivity index (χ0n) is 9.01. The van der Waals surface area contributed by atoms with Gasteiger partial charge in [0.1, 0.15) is 6.07 Å². The van der Waals surface area contributed by atoms with E-state index in [4.69, 9.17) is 22.6 Å². The number of hydrogen-bond donors (Lipinski definition) is 1. The molecule has 0 saturated carbocycles. The number of nitrogens with zero attached hydrogens (tertiary/aromatic N) is 1. The highest BCUT2D eigenvalue weighted by Crippen LogP contribution is 2.61. The van der Waals surface area contributed by atoms with Crippen LogP contribution in [0.25, 0.3) is 4.91 Å². The molecule has 2 heterocycles. The fourth-order valence-corrected chi connectivity index (χ4v) is 8.33. The number of allylic oxidation sites excluding steroid dienone is 2. The lowest BCUT2D eigenvalue weighted by Gasteiger charge is -2.04. The molecule has 0 amide bonds. The van der Waals surface area contributed by atoms with Gasteiger partial charge in [0.2, 0.25) is 0 Å². The Hall–Kier alpha value is -0.800. The number of halogens is 1. The fraction of sp³-hybridized carbons (Fsp3) is 0. The van der Waals surface area contributed by atoms with Crippen molar-refractivity contribution in [3.8, 4) is 6.07 Å². The summed E-state index contributed by atoms with van der Waals surface area (Å²) in [6, 6.07) is 9.94. The summed E-state index contributed by atoms with van der Waals surface area (Å²) >= 11 is 5.88. The molecule has 2 aliphatic heterocycles. The van der Waals surface area contributed by atoms with Gasteiger partial charge in [-0.3, -0.25) is 0 Å². The van der Waals surface area contributed by atoms with Gasteiger partial charge in [-0.1, -0.05) is 34.5 Å². The van der Waals surface area contributed by atoms with Crippen LogP contribution >= 0.6 is 41.7 Å². The van der Waals surface area contributed by atoms with E-state index in [0.29, 0.717) is 10.6 Å². The fourth-order valence-electron chi connectivity index (χ4n) is 1.64. The van der Waals surface area contributed by atoms with Crippen LogP contribution in [-0.2, 0) is 0 Å². The van der Waals surface area contributed by atoms with E-state index in [1.165, 1.54) is 4.91 Å². The van der Waals surface area contributed by atoms with Crippen molar-refractivity contribution < 1.29 is 0 Å². The Kier molecular flexibility index (Phi) is 3.20. The minimum Gasteiger partial charge on any atom is -0.392 e. The highest BCUT2D eigenvalue weighted by Gasteiger charge is 2.28. The van der Waals surface area contributed by atoms with Gasteiger partial charge in [0.15, 0.2) is 0 Å². The van der Waals surface area contributed by atoms with Crippen LogP contribution in [0.2, 0.25) is 5.02 Å². The monoisotopic (exact) mass is 310 g/mol. The Morgan fingerprint density at radius 1 is 1.22 bits per heavy atom. The largest absolute Gasteiger partial charge is 0.392 e. The summed E-state index contributed by atoms with van der Waals surface area (Å²) in [5, 5.41) is 10.5. The lowest BCUT2D eigenvalue weighted by molar-refractivity contribution is 1.47. The third-order valence-electron chi connectivity index (χ3n) is 2.51. The van der Waals surface area contributed by atoms with E-state index in [2.05, 4.69) is 12.1 Å². The normalized spacial score (nSPS) is 21.9. The molecular weight excluding hydrogens is 304 g/mol. The molecule has 1 aromatic carbocycles. The van der Waals surface area contributed by atoms with Gasteiger partial charge >= 0.3 is 0 Å². The summed E-state index contributed by atoms with van der Waals surface area (Å²) in [6.07, 6.45) is 2.07. The minimum atomic E-state index is -0.0610. The average molecular weight is 311 g/mol. The number of rotatable bonds is 1. The molecule has 2 aliphatic rings. The number of hydrogen-bond acceptors (Lipinski definition) is 4. The molecule has 2 N–H and O–H groups in total. The van der Waals surface area contributed by atoms with E-state index >= 15 is 0 Å². The summed E-state index contributed by atoms with van der Waals surface area (Å²) in [5.74, 6) is 0. The number of nitrogens with two attached hydrogens (primary N) is 1. The highest BCUT2D eigenvalue weighted by atomic mass is 35.5. The molecule has 0 aromatic heterocycles. The van der Waals surface area contributed by atoms with E-state index in [9.17, 15) is 0 Å². The lowest BCUT2D eigenvalue weighted by atomic mass is 10.1. The molecule has 0 bridgehead atoms. The molecule has 2 nitrogen and oxygen atoms in total. The molecule has 1 unspecified atom stereocenters. The van der Waals surface area contributed by atoms with Crippen LogP contribution in [0.1, 0.15) is 5.56 Å². The smallest absolute Gasteiger partial charge is 0.103 e. The van der Waals surface area contributed by atoms with E-state index in [1.54, 1.807) is 21.6 Å². The second kappa shape index (κ2) is 4.71. The number of benzene rings is 1. The zero-order valence-corrected chi connectivity index (χ0v) is 12.2. The number of nitriles is 1. The van der Waals surface area contributed by atoms with Crippen molar-refractivity contribution in [3.63, 3.8) is 0 Å². The SMILES string of the molecule is N#CC1=C(N)SS2=C1C=C(c1ccc(Cl)cc1)S2. The van der Waals surface area contributed by atoms with Crippen LogP contribution in [0.5, 0.6) is 0 Å². The predicted octanol–water partition coefficient (Wildman–Crippen LogP) is 4.14. The molecule has 0 spiro atoms. The lowest BCUT2D eigenvalue weighted by Crippen LogP contribution is -1.99. The van der Waals surface area contributed by atoms with Gasteiger partial charge in [-0.05, 0) is 43.1 Å². The second-order valence-electron chi connectivity index (χ2n) is 3.63. The van der Waals surface area contributed by atoms with Crippen molar-refractivity contribution in [1.82, 2.24) is 0 Å². The molecule has 1 aromatic rings. The molecule has 6 heteroatoms. The van der Waals surface area contributed by atoms with Crippen molar-refractivity contribution in [2.45, 2.75) is 0 Å². The van der Waals surface area contributed by atoms with Crippen LogP contribution in [0.3, 0.4) is 0 Å². The second-order valence-corrected chi connectivity index (χ2v) is 9.82. The molecule has 90 valence electrons. The van der Waals surface area contributed by atoms with Crippen LogP contribution in [0.4, 0.5) is 0 Å². The maximum absolute atomic E-state index is 9.10. The van der Waals surface area contributed by atoms with Crippen molar-refractivity contribution in [2.75, 3.05) is 0 Å². The summed E-state index contributed by atoms with van der Waals surface area (Å²) < 4.78 is 0. The van der Waals surface area contributed by atoms with Crippen LogP contribution in [0.15, 0.2) is 40.9 Å². The molecule has 0 aliphatic carbocycles. The first kappa shape index (κ1) is 12.2. The van der Waals surface area contributed by atoms with Gasteiger partial charge in [-0.25, -0.2) is 0 Å². The molecule has 18 heavy (non-hydrogen) atoms. The minimum absolute atomic E-state index is 0.0610. The first-order valence-corrected chi connectivity index (χ1v) is 9.32. The van der Waals surface area contributed by atoms with Crippen LogP contribution in [-0.4, -0.2) is 4.86 Å². The molecule has 0 radical (unpaired) electrons.